The third-order valence-electron chi connectivity index (χ3n) is 1.86. The van der Waals surface area contributed by atoms with E-state index in [4.69, 9.17) is 16.9 Å². The molecule has 2 aromatic heterocycles. The van der Waals surface area contributed by atoms with Gasteiger partial charge in [0.15, 0.2) is 5.15 Å². The standard InChI is InChI=1S/C10H6ClN3/c11-10-9(4-1-5-13-10)14-6-2-3-8(14)7-12/h1-6H. The summed E-state index contributed by atoms with van der Waals surface area (Å²) in [5, 5.41) is 9.21. The topological polar surface area (TPSA) is 41.6 Å². The first kappa shape index (κ1) is 8.79. The van der Waals surface area contributed by atoms with Gasteiger partial charge in [-0.15, -0.1) is 0 Å². The van der Waals surface area contributed by atoms with E-state index in [0.717, 1.165) is 5.69 Å². The van der Waals surface area contributed by atoms with Crippen LogP contribution in [0.1, 0.15) is 5.69 Å². The van der Waals surface area contributed by atoms with E-state index in [0.29, 0.717) is 10.8 Å². The molecule has 3 nitrogen and oxygen atoms in total. The van der Waals surface area contributed by atoms with Gasteiger partial charge < -0.3 is 4.57 Å². The lowest BCUT2D eigenvalue weighted by atomic mass is 10.4. The number of halogens is 1. The van der Waals surface area contributed by atoms with Crippen molar-refractivity contribution in [2.24, 2.45) is 0 Å². The molecule has 0 saturated carbocycles. The molecule has 4 heteroatoms. The van der Waals surface area contributed by atoms with E-state index in [1.165, 1.54) is 0 Å². The molecule has 2 aromatic rings. The van der Waals surface area contributed by atoms with Crippen LogP contribution in [0.3, 0.4) is 0 Å². The first-order chi connectivity index (χ1) is 6.83. The van der Waals surface area contributed by atoms with Crippen molar-refractivity contribution < 1.29 is 0 Å². The largest absolute Gasteiger partial charge is 0.305 e. The summed E-state index contributed by atoms with van der Waals surface area (Å²) in [7, 11) is 0. The number of pyridine rings is 1. The van der Waals surface area contributed by atoms with Gasteiger partial charge in [0.25, 0.3) is 0 Å². The Bertz CT molecular complexity index is 496. The number of hydrogen-bond donors (Lipinski definition) is 0. The third-order valence-corrected chi connectivity index (χ3v) is 2.15. The molecule has 0 atom stereocenters. The van der Waals surface area contributed by atoms with Crippen molar-refractivity contribution in [1.82, 2.24) is 9.55 Å². The highest BCUT2D eigenvalue weighted by atomic mass is 35.5. The molecule has 0 aliphatic rings. The van der Waals surface area contributed by atoms with Crippen molar-refractivity contribution in [3.63, 3.8) is 0 Å². The van der Waals surface area contributed by atoms with Crippen LogP contribution >= 0.6 is 11.6 Å². The Kier molecular flexibility index (Phi) is 2.21. The fourth-order valence-electron chi connectivity index (χ4n) is 1.24. The Morgan fingerprint density at radius 3 is 2.93 bits per heavy atom. The van der Waals surface area contributed by atoms with Gasteiger partial charge in [0.2, 0.25) is 0 Å². The summed E-state index contributed by atoms with van der Waals surface area (Å²) < 4.78 is 1.70. The lowest BCUT2D eigenvalue weighted by molar-refractivity contribution is 1.03. The summed E-state index contributed by atoms with van der Waals surface area (Å²) in [6.45, 7) is 0. The molecular formula is C10H6ClN3. The van der Waals surface area contributed by atoms with Crippen molar-refractivity contribution in [3.8, 4) is 11.8 Å². The highest BCUT2D eigenvalue weighted by Gasteiger charge is 2.05. The second kappa shape index (κ2) is 3.52. The minimum Gasteiger partial charge on any atom is -0.305 e. The van der Waals surface area contributed by atoms with Crippen molar-refractivity contribution in [1.29, 1.82) is 5.26 Å². The Morgan fingerprint density at radius 1 is 1.36 bits per heavy atom. The van der Waals surface area contributed by atoms with E-state index in [9.17, 15) is 0 Å². The first-order valence-electron chi connectivity index (χ1n) is 4.01. The predicted molar refractivity (Wildman–Crippen MR) is 53.3 cm³/mol. The number of rotatable bonds is 1. The molecule has 0 aromatic carbocycles. The zero-order valence-electron chi connectivity index (χ0n) is 7.18. The molecule has 68 valence electrons. The number of aromatic nitrogens is 2. The van der Waals surface area contributed by atoms with Gasteiger partial charge in [-0.3, -0.25) is 0 Å². The number of nitrogens with zero attached hydrogens (tertiary/aromatic N) is 3. The van der Waals surface area contributed by atoms with Gasteiger partial charge in [-0.1, -0.05) is 11.6 Å². The Balaban J connectivity index is 2.62. The Morgan fingerprint density at radius 2 is 2.21 bits per heavy atom. The maximum atomic E-state index is 8.83. The van der Waals surface area contributed by atoms with Crippen molar-refractivity contribution >= 4 is 11.6 Å². The minimum absolute atomic E-state index is 0.389. The molecule has 0 bridgehead atoms. The fourth-order valence-corrected chi connectivity index (χ4v) is 1.45. The van der Waals surface area contributed by atoms with Gasteiger partial charge >= 0.3 is 0 Å². The molecule has 0 N–H and O–H groups in total. The van der Waals surface area contributed by atoms with Crippen molar-refractivity contribution in [2.75, 3.05) is 0 Å². The molecule has 2 heterocycles. The molecule has 0 unspecified atom stereocenters. The van der Waals surface area contributed by atoms with Gasteiger partial charge in [0, 0.05) is 12.4 Å². The zero-order valence-corrected chi connectivity index (χ0v) is 7.94. The quantitative estimate of drug-likeness (QED) is 0.668. The van der Waals surface area contributed by atoms with Gasteiger partial charge in [0.05, 0.1) is 5.69 Å². The van der Waals surface area contributed by atoms with Crippen LogP contribution in [-0.4, -0.2) is 9.55 Å². The van der Waals surface area contributed by atoms with Crippen molar-refractivity contribution in [2.45, 2.75) is 0 Å². The normalized spacial score (nSPS) is 9.71. The highest BCUT2D eigenvalue weighted by molar-refractivity contribution is 6.31. The predicted octanol–water partition coefficient (Wildman–Crippen LogP) is 2.40. The van der Waals surface area contributed by atoms with Gasteiger partial charge in [-0.25, -0.2) is 4.98 Å². The average molecular weight is 204 g/mol. The molecule has 0 fully saturated rings. The second-order valence-corrected chi connectivity index (χ2v) is 3.05. The summed E-state index contributed by atoms with van der Waals surface area (Å²) in [5.41, 5.74) is 1.26. The SMILES string of the molecule is N#Cc1cccn1-c1cccnc1Cl. The first-order valence-corrected chi connectivity index (χ1v) is 4.39. The van der Waals surface area contributed by atoms with E-state index in [1.54, 1.807) is 35.2 Å². The molecule has 0 amide bonds. The third kappa shape index (κ3) is 1.36. The minimum atomic E-state index is 0.389. The summed E-state index contributed by atoms with van der Waals surface area (Å²) in [6.07, 6.45) is 3.39. The van der Waals surface area contributed by atoms with Gasteiger partial charge in [-0.2, -0.15) is 5.26 Å². The Labute approximate surface area is 86.2 Å². The smallest absolute Gasteiger partial charge is 0.152 e. The van der Waals surface area contributed by atoms with Crippen LogP contribution in [0.15, 0.2) is 36.7 Å². The average Bonchev–Trinajstić information content (AvgIpc) is 2.66. The maximum Gasteiger partial charge on any atom is 0.152 e. The van der Waals surface area contributed by atoms with Crippen LogP contribution in [0.4, 0.5) is 0 Å². The Hall–Kier alpha value is -1.79. The molecule has 0 spiro atoms. The highest BCUT2D eigenvalue weighted by Crippen LogP contribution is 2.18. The number of hydrogen-bond acceptors (Lipinski definition) is 2. The summed E-state index contributed by atoms with van der Waals surface area (Å²) in [4.78, 5) is 3.95. The summed E-state index contributed by atoms with van der Waals surface area (Å²) >= 11 is 5.90. The molecule has 0 radical (unpaired) electrons. The summed E-state index contributed by atoms with van der Waals surface area (Å²) in [5.74, 6) is 0. The maximum absolute atomic E-state index is 8.83. The van der Waals surface area contributed by atoms with Crippen molar-refractivity contribution in [3.05, 3.63) is 47.5 Å². The van der Waals surface area contributed by atoms with Crippen LogP contribution in [0.5, 0.6) is 0 Å². The molecule has 0 aliphatic carbocycles. The second-order valence-electron chi connectivity index (χ2n) is 2.69. The zero-order chi connectivity index (χ0) is 9.97. The van der Waals surface area contributed by atoms with E-state index in [2.05, 4.69) is 11.1 Å². The van der Waals surface area contributed by atoms with E-state index >= 15 is 0 Å². The lowest BCUT2D eigenvalue weighted by Crippen LogP contribution is -1.96. The van der Waals surface area contributed by atoms with E-state index in [1.807, 2.05) is 6.07 Å². The van der Waals surface area contributed by atoms with E-state index in [-0.39, 0.29) is 0 Å². The van der Waals surface area contributed by atoms with Crippen LogP contribution in [0.25, 0.3) is 5.69 Å². The lowest BCUT2D eigenvalue weighted by Gasteiger charge is -2.04. The molecule has 0 aliphatic heterocycles. The van der Waals surface area contributed by atoms with Gasteiger partial charge in [0.1, 0.15) is 11.8 Å². The van der Waals surface area contributed by atoms with Crippen LogP contribution < -0.4 is 0 Å². The molecular weight excluding hydrogens is 198 g/mol. The van der Waals surface area contributed by atoms with Crippen LogP contribution in [0.2, 0.25) is 5.15 Å². The summed E-state index contributed by atoms with van der Waals surface area (Å²) in [6, 6.07) is 9.19. The number of nitriles is 1. The van der Waals surface area contributed by atoms with Crippen LogP contribution in [-0.2, 0) is 0 Å². The van der Waals surface area contributed by atoms with E-state index < -0.39 is 0 Å². The molecule has 2 rings (SSSR count). The van der Waals surface area contributed by atoms with Crippen LogP contribution in [0, 0.1) is 11.3 Å². The monoisotopic (exact) mass is 203 g/mol. The van der Waals surface area contributed by atoms with Gasteiger partial charge in [-0.05, 0) is 24.3 Å². The molecule has 14 heavy (non-hydrogen) atoms. The fraction of sp³-hybridized carbons (Fsp3) is 0. The molecule has 0 saturated heterocycles.